The number of hydrogen-bond acceptors (Lipinski definition) is 6. The number of rotatable bonds is 4. The zero-order chi connectivity index (χ0) is 16.4. The first-order chi connectivity index (χ1) is 11.0. The van der Waals surface area contributed by atoms with Crippen LogP contribution in [0.25, 0.3) is 0 Å². The lowest BCUT2D eigenvalue weighted by molar-refractivity contribution is -0.132. The van der Waals surface area contributed by atoms with E-state index < -0.39 is 0 Å². The summed E-state index contributed by atoms with van der Waals surface area (Å²) in [5.74, 6) is 1.68. The van der Waals surface area contributed by atoms with Gasteiger partial charge in [0.25, 0.3) is 0 Å². The van der Waals surface area contributed by atoms with Crippen LogP contribution in [0, 0.1) is 20.8 Å². The monoisotopic (exact) mass is 334 g/mol. The summed E-state index contributed by atoms with van der Waals surface area (Å²) in [5, 5.41) is 4.92. The second kappa shape index (κ2) is 6.78. The molecule has 2 aromatic heterocycles. The lowest BCUT2D eigenvalue weighted by Gasteiger charge is -2.31. The van der Waals surface area contributed by atoms with Gasteiger partial charge in [-0.3, -0.25) is 4.79 Å². The SMILES string of the molecule is Cc1noc(CCC(=O)N2CCCC(c3nc(C)c(C)s3)C2)n1. The predicted octanol–water partition coefficient (Wildman–Crippen LogP) is 2.79. The Balaban J connectivity index is 1.58. The molecule has 1 unspecified atom stereocenters. The van der Waals surface area contributed by atoms with E-state index in [1.807, 2.05) is 11.8 Å². The zero-order valence-electron chi connectivity index (χ0n) is 13.8. The Morgan fingerprint density at radius 3 is 2.83 bits per heavy atom. The molecule has 23 heavy (non-hydrogen) atoms. The number of aryl methyl sites for hydroxylation is 4. The maximum absolute atomic E-state index is 12.4. The van der Waals surface area contributed by atoms with Crippen molar-refractivity contribution in [2.75, 3.05) is 13.1 Å². The quantitative estimate of drug-likeness (QED) is 0.860. The van der Waals surface area contributed by atoms with E-state index in [9.17, 15) is 4.79 Å². The Morgan fingerprint density at radius 2 is 2.17 bits per heavy atom. The molecule has 1 aliphatic rings. The highest BCUT2D eigenvalue weighted by atomic mass is 32.1. The van der Waals surface area contributed by atoms with Gasteiger partial charge < -0.3 is 9.42 Å². The molecule has 0 N–H and O–H groups in total. The van der Waals surface area contributed by atoms with Gasteiger partial charge in [-0.25, -0.2) is 4.98 Å². The number of carbonyl (C=O) groups is 1. The molecular weight excluding hydrogens is 312 g/mol. The van der Waals surface area contributed by atoms with Crippen molar-refractivity contribution < 1.29 is 9.32 Å². The van der Waals surface area contributed by atoms with Gasteiger partial charge in [0.05, 0.1) is 10.7 Å². The van der Waals surface area contributed by atoms with Gasteiger partial charge in [-0.15, -0.1) is 11.3 Å². The van der Waals surface area contributed by atoms with Crippen LogP contribution < -0.4 is 0 Å². The largest absolute Gasteiger partial charge is 0.342 e. The van der Waals surface area contributed by atoms with Gasteiger partial charge in [0.2, 0.25) is 11.8 Å². The van der Waals surface area contributed by atoms with Crippen LogP contribution in [0.15, 0.2) is 4.52 Å². The number of amides is 1. The molecule has 0 aliphatic carbocycles. The van der Waals surface area contributed by atoms with E-state index in [1.165, 1.54) is 9.88 Å². The summed E-state index contributed by atoms with van der Waals surface area (Å²) in [6.45, 7) is 7.54. The number of piperidine rings is 1. The smallest absolute Gasteiger partial charge is 0.227 e. The summed E-state index contributed by atoms with van der Waals surface area (Å²) >= 11 is 1.77. The van der Waals surface area contributed by atoms with E-state index in [0.717, 1.165) is 31.6 Å². The maximum atomic E-state index is 12.4. The predicted molar refractivity (Wildman–Crippen MR) is 87.5 cm³/mol. The zero-order valence-corrected chi connectivity index (χ0v) is 14.7. The van der Waals surface area contributed by atoms with Crippen LogP contribution in [-0.2, 0) is 11.2 Å². The average molecular weight is 334 g/mol. The molecular formula is C16H22N4O2S. The molecule has 0 spiro atoms. The first-order valence-corrected chi connectivity index (χ1v) is 8.85. The Hall–Kier alpha value is -1.76. The summed E-state index contributed by atoms with van der Waals surface area (Å²) in [6, 6.07) is 0. The molecule has 1 saturated heterocycles. The van der Waals surface area contributed by atoms with Crippen molar-refractivity contribution in [1.82, 2.24) is 20.0 Å². The summed E-state index contributed by atoms with van der Waals surface area (Å²) in [4.78, 5) is 24.5. The number of aromatic nitrogens is 3. The first kappa shape index (κ1) is 16.1. The fourth-order valence-corrected chi connectivity index (χ4v) is 3.94. The molecule has 6 nitrogen and oxygen atoms in total. The van der Waals surface area contributed by atoms with Crippen LogP contribution in [-0.4, -0.2) is 39.0 Å². The maximum Gasteiger partial charge on any atom is 0.227 e. The van der Waals surface area contributed by atoms with Gasteiger partial charge in [-0.05, 0) is 33.6 Å². The Kier molecular flexibility index (Phi) is 4.75. The van der Waals surface area contributed by atoms with Crippen molar-refractivity contribution in [3.8, 4) is 0 Å². The number of hydrogen-bond donors (Lipinski definition) is 0. The summed E-state index contributed by atoms with van der Waals surface area (Å²) in [6.07, 6.45) is 3.08. The van der Waals surface area contributed by atoms with Crippen molar-refractivity contribution >= 4 is 17.2 Å². The molecule has 1 amide bonds. The van der Waals surface area contributed by atoms with Crippen LogP contribution in [0.4, 0.5) is 0 Å². The van der Waals surface area contributed by atoms with Crippen LogP contribution in [0.2, 0.25) is 0 Å². The molecule has 2 aromatic rings. The van der Waals surface area contributed by atoms with Crippen molar-refractivity contribution in [2.24, 2.45) is 0 Å². The van der Waals surface area contributed by atoms with Gasteiger partial charge in [-0.2, -0.15) is 4.98 Å². The summed E-state index contributed by atoms with van der Waals surface area (Å²) in [5.41, 5.74) is 1.11. The minimum absolute atomic E-state index is 0.163. The van der Waals surface area contributed by atoms with E-state index in [0.29, 0.717) is 30.5 Å². The fourth-order valence-electron chi connectivity index (χ4n) is 2.89. The molecule has 3 rings (SSSR count). The molecule has 0 bridgehead atoms. The van der Waals surface area contributed by atoms with Gasteiger partial charge in [0.1, 0.15) is 0 Å². The van der Waals surface area contributed by atoms with E-state index in [1.54, 1.807) is 18.3 Å². The fraction of sp³-hybridized carbons (Fsp3) is 0.625. The van der Waals surface area contributed by atoms with Gasteiger partial charge in [0, 0.05) is 36.7 Å². The minimum atomic E-state index is 0.163. The van der Waals surface area contributed by atoms with E-state index in [-0.39, 0.29) is 5.91 Å². The molecule has 7 heteroatoms. The third-order valence-corrected chi connectivity index (χ3v) is 5.53. The van der Waals surface area contributed by atoms with Crippen LogP contribution in [0.3, 0.4) is 0 Å². The summed E-state index contributed by atoms with van der Waals surface area (Å²) < 4.78 is 5.07. The van der Waals surface area contributed by atoms with E-state index in [4.69, 9.17) is 4.52 Å². The second-order valence-corrected chi connectivity index (χ2v) is 7.34. The Morgan fingerprint density at radius 1 is 1.35 bits per heavy atom. The van der Waals surface area contributed by atoms with Crippen LogP contribution >= 0.6 is 11.3 Å². The molecule has 0 saturated carbocycles. The van der Waals surface area contributed by atoms with Gasteiger partial charge in [0.15, 0.2) is 5.82 Å². The van der Waals surface area contributed by atoms with E-state index >= 15 is 0 Å². The van der Waals surface area contributed by atoms with Gasteiger partial charge in [-0.1, -0.05) is 5.16 Å². The van der Waals surface area contributed by atoms with Crippen LogP contribution in [0.1, 0.15) is 52.5 Å². The molecule has 0 radical (unpaired) electrons. The highest BCUT2D eigenvalue weighted by molar-refractivity contribution is 7.11. The standard InChI is InChI=1S/C16H22N4O2S/c1-10-11(2)23-16(17-10)13-5-4-8-20(9-13)15(21)7-6-14-18-12(3)19-22-14/h13H,4-9H2,1-3H3. The van der Waals surface area contributed by atoms with Crippen molar-refractivity contribution in [2.45, 2.75) is 52.4 Å². The molecule has 0 aromatic carbocycles. The third-order valence-electron chi connectivity index (χ3n) is 4.29. The molecule has 1 fully saturated rings. The normalized spacial score (nSPS) is 18.4. The number of thiazole rings is 1. The van der Waals surface area contributed by atoms with Gasteiger partial charge >= 0.3 is 0 Å². The lowest BCUT2D eigenvalue weighted by atomic mass is 9.98. The summed E-state index contributed by atoms with van der Waals surface area (Å²) in [7, 11) is 0. The highest BCUT2D eigenvalue weighted by Gasteiger charge is 2.27. The first-order valence-electron chi connectivity index (χ1n) is 8.04. The van der Waals surface area contributed by atoms with Crippen molar-refractivity contribution in [3.05, 3.63) is 27.3 Å². The minimum Gasteiger partial charge on any atom is -0.342 e. The van der Waals surface area contributed by atoms with Crippen molar-refractivity contribution in [3.63, 3.8) is 0 Å². The topological polar surface area (TPSA) is 72.1 Å². The molecule has 3 heterocycles. The number of likely N-dealkylation sites (tertiary alicyclic amines) is 1. The van der Waals surface area contributed by atoms with Crippen LogP contribution in [0.5, 0.6) is 0 Å². The highest BCUT2D eigenvalue weighted by Crippen LogP contribution is 2.31. The molecule has 124 valence electrons. The average Bonchev–Trinajstić information content (AvgIpc) is 3.11. The number of carbonyl (C=O) groups excluding carboxylic acids is 1. The molecule has 1 atom stereocenters. The second-order valence-electron chi connectivity index (χ2n) is 6.11. The van der Waals surface area contributed by atoms with Crippen molar-refractivity contribution in [1.29, 1.82) is 0 Å². The Bertz CT molecular complexity index is 675. The lowest BCUT2D eigenvalue weighted by Crippen LogP contribution is -2.39. The third kappa shape index (κ3) is 3.77. The van der Waals surface area contributed by atoms with E-state index in [2.05, 4.69) is 22.0 Å². The molecule has 1 aliphatic heterocycles. The number of nitrogens with zero attached hydrogens (tertiary/aromatic N) is 4. The Labute approximate surface area is 139 Å².